The topological polar surface area (TPSA) is 136 Å². The van der Waals surface area contributed by atoms with Gasteiger partial charge in [0.05, 0.1) is 23.3 Å². The van der Waals surface area contributed by atoms with Crippen molar-refractivity contribution in [2.45, 2.75) is 31.9 Å². The monoisotopic (exact) mass is 417 g/mol. The summed E-state index contributed by atoms with van der Waals surface area (Å²) in [7, 11) is 0. The van der Waals surface area contributed by atoms with Gasteiger partial charge in [-0.2, -0.15) is 0 Å². The fourth-order valence-corrected chi connectivity index (χ4v) is 3.96. The number of imide groups is 1. The molecule has 0 aliphatic carbocycles. The number of ketones is 1. The number of hydrogen-bond donors (Lipinski definition) is 4. The van der Waals surface area contributed by atoms with Gasteiger partial charge in [-0.1, -0.05) is 36.4 Å². The van der Waals surface area contributed by atoms with Gasteiger partial charge in [0, 0.05) is 18.5 Å². The normalized spacial score (nSPS) is 14.9. The van der Waals surface area contributed by atoms with Crippen LogP contribution in [0.5, 0.6) is 0 Å². The molecule has 3 aromatic carbocycles. The van der Waals surface area contributed by atoms with Gasteiger partial charge in [-0.15, -0.1) is 0 Å². The summed E-state index contributed by atoms with van der Waals surface area (Å²) >= 11 is 0. The highest BCUT2D eigenvalue weighted by Gasteiger charge is 2.32. The van der Waals surface area contributed by atoms with Crippen LogP contribution in [0.3, 0.4) is 0 Å². The number of benzene rings is 3. The first kappa shape index (κ1) is 20.7. The van der Waals surface area contributed by atoms with Crippen LogP contribution in [0, 0.1) is 0 Å². The first-order valence-electron chi connectivity index (χ1n) is 10.0. The lowest BCUT2D eigenvalue weighted by molar-refractivity contribution is -0.121. The Morgan fingerprint density at radius 2 is 1.74 bits per heavy atom. The molecule has 0 aromatic heterocycles. The number of Topliss-reactive ketones (excluding diaryl/α,β-unsaturated/α-hetero) is 1. The fraction of sp³-hybridized carbons (Fsp3) is 0.208. The van der Waals surface area contributed by atoms with Crippen LogP contribution in [-0.4, -0.2) is 34.8 Å². The third-order valence-electron chi connectivity index (χ3n) is 5.62. The van der Waals surface area contributed by atoms with Crippen LogP contribution in [0.1, 0.15) is 39.6 Å². The van der Waals surface area contributed by atoms with Crippen LogP contribution in [0.4, 0.5) is 5.69 Å². The second kappa shape index (κ2) is 7.94. The summed E-state index contributed by atoms with van der Waals surface area (Å²) in [6.45, 7) is 1.56. The molecule has 0 fully saturated rings. The molecule has 1 heterocycles. The summed E-state index contributed by atoms with van der Waals surface area (Å²) in [5.74, 6) is -1.34. The van der Waals surface area contributed by atoms with Crippen molar-refractivity contribution in [3.8, 4) is 11.1 Å². The van der Waals surface area contributed by atoms with Crippen LogP contribution < -0.4 is 16.8 Å². The van der Waals surface area contributed by atoms with Gasteiger partial charge < -0.3 is 16.6 Å². The zero-order valence-electron chi connectivity index (χ0n) is 17.0. The smallest absolute Gasteiger partial charge is 0.261 e. The van der Waals surface area contributed by atoms with Gasteiger partial charge in [-0.05, 0) is 46.5 Å². The molecule has 1 aliphatic rings. The van der Waals surface area contributed by atoms with Crippen LogP contribution in [0.2, 0.25) is 0 Å². The highest BCUT2D eigenvalue weighted by Crippen LogP contribution is 2.37. The molecule has 1 aliphatic heterocycles. The van der Waals surface area contributed by atoms with E-state index < -0.39 is 24.0 Å². The van der Waals surface area contributed by atoms with E-state index in [1.165, 1.54) is 0 Å². The van der Waals surface area contributed by atoms with Gasteiger partial charge in [0.2, 0.25) is 0 Å². The first-order chi connectivity index (χ1) is 14.8. The predicted octanol–water partition coefficient (Wildman–Crippen LogP) is 2.18. The molecule has 0 radical (unpaired) electrons. The molecule has 0 saturated carbocycles. The molecule has 2 atom stereocenters. The van der Waals surface area contributed by atoms with Crippen molar-refractivity contribution in [3.63, 3.8) is 0 Å². The Morgan fingerprint density at radius 1 is 1.03 bits per heavy atom. The molecule has 0 bridgehead atoms. The fourth-order valence-electron chi connectivity index (χ4n) is 3.96. The van der Waals surface area contributed by atoms with E-state index in [2.05, 4.69) is 5.32 Å². The van der Waals surface area contributed by atoms with Crippen molar-refractivity contribution in [3.05, 3.63) is 65.2 Å². The Hall–Kier alpha value is -3.55. The maximum Gasteiger partial charge on any atom is 0.261 e. The van der Waals surface area contributed by atoms with Crippen LogP contribution in [0.15, 0.2) is 48.5 Å². The third-order valence-corrected chi connectivity index (χ3v) is 5.62. The molecule has 4 rings (SSSR count). The lowest BCUT2D eigenvalue weighted by Crippen LogP contribution is -2.30. The van der Waals surface area contributed by atoms with E-state index >= 15 is 0 Å². The van der Waals surface area contributed by atoms with Crippen molar-refractivity contribution >= 4 is 34.1 Å². The maximum atomic E-state index is 12.3. The number of anilines is 1. The SMILES string of the molecule is C[C@H](N)C(=O)CC(O)Cc1c(-c2ccc3ccccc3c2)cc2c(c1N)C(=O)NC2=O. The number of aliphatic hydroxyl groups is 1. The molecule has 31 heavy (non-hydrogen) atoms. The number of rotatable bonds is 6. The minimum absolute atomic E-state index is 0.0429. The number of carbonyl (C=O) groups excluding carboxylic acids is 3. The number of fused-ring (bicyclic) bond motifs is 2. The lowest BCUT2D eigenvalue weighted by atomic mass is 9.88. The van der Waals surface area contributed by atoms with Gasteiger partial charge >= 0.3 is 0 Å². The van der Waals surface area contributed by atoms with E-state index in [1.54, 1.807) is 13.0 Å². The summed E-state index contributed by atoms with van der Waals surface area (Å²) in [4.78, 5) is 36.5. The van der Waals surface area contributed by atoms with E-state index in [0.717, 1.165) is 16.3 Å². The standard InChI is InChI=1S/C24H23N3O4/c1-12(25)20(29)10-16(28)9-18-17(11-19-21(22(18)26)24(31)27-23(19)30)15-7-6-13-4-2-3-5-14(13)8-15/h2-8,11-12,16,28H,9-10,25-26H2,1H3,(H,27,30,31)/t12-,16?/m0/s1. The highest BCUT2D eigenvalue weighted by molar-refractivity contribution is 6.24. The van der Waals surface area contributed by atoms with Crippen molar-refractivity contribution < 1.29 is 19.5 Å². The summed E-state index contributed by atoms with van der Waals surface area (Å²) in [6, 6.07) is 14.6. The summed E-state index contributed by atoms with van der Waals surface area (Å²) in [5, 5.41) is 14.9. The minimum Gasteiger partial charge on any atom is -0.398 e. The van der Waals surface area contributed by atoms with Crippen molar-refractivity contribution in [2.75, 3.05) is 5.73 Å². The zero-order chi connectivity index (χ0) is 22.3. The maximum absolute atomic E-state index is 12.3. The third kappa shape index (κ3) is 3.81. The second-order valence-electron chi connectivity index (χ2n) is 7.90. The quantitative estimate of drug-likeness (QED) is 0.359. The predicted molar refractivity (Wildman–Crippen MR) is 119 cm³/mol. The van der Waals surface area contributed by atoms with Gasteiger partial charge in [-0.25, -0.2) is 0 Å². The molecule has 7 heteroatoms. The largest absolute Gasteiger partial charge is 0.398 e. The van der Waals surface area contributed by atoms with Crippen molar-refractivity contribution in [1.82, 2.24) is 5.32 Å². The Balaban J connectivity index is 1.85. The molecule has 6 N–H and O–H groups in total. The summed E-state index contributed by atoms with van der Waals surface area (Å²) < 4.78 is 0. The van der Waals surface area contributed by atoms with E-state index in [9.17, 15) is 19.5 Å². The highest BCUT2D eigenvalue weighted by atomic mass is 16.3. The minimum atomic E-state index is -1.03. The van der Waals surface area contributed by atoms with Gasteiger partial charge in [-0.3, -0.25) is 19.7 Å². The van der Waals surface area contributed by atoms with Crippen molar-refractivity contribution in [1.29, 1.82) is 0 Å². The Labute approximate surface area is 179 Å². The Bertz CT molecular complexity index is 1230. The molecule has 0 spiro atoms. The number of hydrogen-bond acceptors (Lipinski definition) is 6. The van der Waals surface area contributed by atoms with Gasteiger partial charge in [0.15, 0.2) is 5.78 Å². The number of amides is 2. The van der Waals surface area contributed by atoms with E-state index in [1.807, 2.05) is 42.5 Å². The van der Waals surface area contributed by atoms with Gasteiger partial charge in [0.1, 0.15) is 0 Å². The molecule has 7 nitrogen and oxygen atoms in total. The van der Waals surface area contributed by atoms with Crippen LogP contribution >= 0.6 is 0 Å². The Morgan fingerprint density at radius 3 is 2.45 bits per heavy atom. The second-order valence-corrected chi connectivity index (χ2v) is 7.90. The number of nitrogens with one attached hydrogen (secondary N) is 1. The summed E-state index contributed by atoms with van der Waals surface area (Å²) in [6.07, 6.45) is -1.12. The van der Waals surface area contributed by atoms with Gasteiger partial charge in [0.25, 0.3) is 11.8 Å². The van der Waals surface area contributed by atoms with Crippen LogP contribution in [-0.2, 0) is 11.2 Å². The number of carbonyl (C=O) groups is 3. The molecular formula is C24H23N3O4. The molecule has 1 unspecified atom stereocenters. The first-order valence-corrected chi connectivity index (χ1v) is 10.0. The number of nitrogen functional groups attached to an aromatic ring is 1. The van der Waals surface area contributed by atoms with E-state index in [0.29, 0.717) is 11.1 Å². The average molecular weight is 417 g/mol. The zero-order valence-corrected chi connectivity index (χ0v) is 17.0. The average Bonchev–Trinajstić information content (AvgIpc) is 3.02. The van der Waals surface area contributed by atoms with Crippen molar-refractivity contribution in [2.24, 2.45) is 5.73 Å². The molecule has 2 amide bonds. The molecule has 3 aromatic rings. The Kier molecular flexibility index (Phi) is 5.31. The van der Waals surface area contributed by atoms with E-state index in [4.69, 9.17) is 11.5 Å². The van der Waals surface area contributed by atoms with Crippen LogP contribution in [0.25, 0.3) is 21.9 Å². The lowest BCUT2D eigenvalue weighted by Gasteiger charge is -2.19. The number of aliphatic hydroxyl groups excluding tert-OH is 1. The van der Waals surface area contributed by atoms with E-state index in [-0.39, 0.29) is 35.4 Å². The number of nitrogens with two attached hydrogens (primary N) is 2. The molecular weight excluding hydrogens is 394 g/mol. The molecule has 158 valence electrons. The molecule has 0 saturated heterocycles. The summed E-state index contributed by atoms with van der Waals surface area (Å²) in [5.41, 5.74) is 14.4.